The third-order valence-corrected chi connectivity index (χ3v) is 6.33. The molecule has 0 saturated carbocycles. The molecule has 4 rings (SSSR count). The number of carboxylic acids is 2. The van der Waals surface area contributed by atoms with Gasteiger partial charge >= 0.3 is 16.8 Å². The van der Waals surface area contributed by atoms with Gasteiger partial charge < -0.3 is 30.0 Å². The molecule has 9 heteroatoms. The van der Waals surface area contributed by atoms with E-state index in [4.69, 9.17) is 29.8 Å². The fourth-order valence-electron chi connectivity index (χ4n) is 4.04. The maximum Gasteiger partial charge on any atom is 2.00 e. The monoisotopic (exact) mass is 655 g/mol. The molecule has 1 radical (unpaired) electrons. The SMILES string of the molecule is CC(=O)[O-].CC(=O)[O-].CC(C)(C)c1ccc(O)c(C=Nc2cccc3cccc(N=Cc4cc(C(C)(C)C)ccc4O)c23)c1.[Co+2]. The summed E-state index contributed by atoms with van der Waals surface area (Å²) in [5.74, 6) is -1.78. The number of aromatic hydroxyl groups is 2. The average molecular weight is 656 g/mol. The minimum absolute atomic E-state index is 0. The number of phenolic OH excluding ortho intramolecular Hbond substituents is 2. The second-order valence-corrected chi connectivity index (χ2v) is 12.2. The first-order valence-corrected chi connectivity index (χ1v) is 14.0. The summed E-state index contributed by atoms with van der Waals surface area (Å²) in [4.78, 5) is 27.3. The van der Waals surface area contributed by atoms with Crippen LogP contribution in [0.15, 0.2) is 82.8 Å². The van der Waals surface area contributed by atoms with Crippen LogP contribution in [0.1, 0.15) is 77.6 Å². The standard InChI is InChI=1S/C32H34N2O2.2C2H4O2.Co/c1-31(2,3)24-13-15-28(35)22(17-24)19-33-26-11-7-9-21-10-8-12-27(30(21)26)34-20-23-18-25(32(4,5)6)14-16-29(23)36;2*1-2(3)4;/h7-20,35-36H,1-6H3;2*1H3,(H,3,4);/q;;;+2/p-2. The molecule has 0 aliphatic rings. The Balaban J connectivity index is 0.00000101. The average Bonchev–Trinajstić information content (AvgIpc) is 2.90. The number of hydrogen-bond donors (Lipinski definition) is 2. The summed E-state index contributed by atoms with van der Waals surface area (Å²) in [6.07, 6.45) is 3.41. The van der Waals surface area contributed by atoms with Crippen LogP contribution in [0, 0.1) is 0 Å². The van der Waals surface area contributed by atoms with Gasteiger partial charge in [0, 0.05) is 40.9 Å². The number of carboxylic acid groups (broad SMARTS) is 2. The van der Waals surface area contributed by atoms with Crippen LogP contribution in [0.2, 0.25) is 0 Å². The van der Waals surface area contributed by atoms with E-state index >= 15 is 0 Å². The van der Waals surface area contributed by atoms with Gasteiger partial charge in [-0.2, -0.15) is 0 Å². The predicted molar refractivity (Wildman–Crippen MR) is 173 cm³/mol. The van der Waals surface area contributed by atoms with Crippen molar-refractivity contribution in [3.63, 3.8) is 0 Å². The number of fused-ring (bicyclic) bond motifs is 1. The van der Waals surface area contributed by atoms with Gasteiger partial charge in [0.25, 0.3) is 0 Å². The van der Waals surface area contributed by atoms with Crippen LogP contribution < -0.4 is 10.2 Å². The first-order valence-electron chi connectivity index (χ1n) is 14.0. The van der Waals surface area contributed by atoms with Gasteiger partial charge in [-0.15, -0.1) is 0 Å². The topological polar surface area (TPSA) is 145 Å². The number of phenols is 2. The normalized spacial score (nSPS) is 11.3. The van der Waals surface area contributed by atoms with E-state index in [2.05, 4.69) is 41.5 Å². The van der Waals surface area contributed by atoms with Gasteiger partial charge in [0.15, 0.2) is 0 Å². The smallest absolute Gasteiger partial charge is 0.550 e. The maximum atomic E-state index is 10.4. The van der Waals surface area contributed by atoms with E-state index in [9.17, 15) is 10.2 Å². The fourth-order valence-corrected chi connectivity index (χ4v) is 4.04. The summed E-state index contributed by atoms with van der Waals surface area (Å²) in [6, 6.07) is 23.2. The number of hydrogen-bond acceptors (Lipinski definition) is 8. The minimum Gasteiger partial charge on any atom is -0.550 e. The van der Waals surface area contributed by atoms with Crippen molar-refractivity contribution in [2.45, 2.75) is 66.2 Å². The molecule has 0 heterocycles. The summed E-state index contributed by atoms with van der Waals surface area (Å²) in [5.41, 5.74) is 5.04. The van der Waals surface area contributed by atoms with E-state index in [1.165, 1.54) is 0 Å². The van der Waals surface area contributed by atoms with Gasteiger partial charge in [0.2, 0.25) is 0 Å². The molecule has 0 atom stereocenters. The Morgan fingerprint density at radius 1 is 0.644 bits per heavy atom. The van der Waals surface area contributed by atoms with Crippen LogP contribution >= 0.6 is 0 Å². The molecule has 8 nitrogen and oxygen atoms in total. The second-order valence-electron chi connectivity index (χ2n) is 12.2. The van der Waals surface area contributed by atoms with E-state index in [0.29, 0.717) is 11.1 Å². The molecule has 0 aliphatic carbocycles. The number of aliphatic carboxylic acids is 2. The molecule has 0 spiro atoms. The number of aliphatic imine (C=N–C) groups is 2. The van der Waals surface area contributed by atoms with Crippen molar-refractivity contribution >= 4 is 46.5 Å². The van der Waals surface area contributed by atoms with E-state index in [1.54, 1.807) is 24.6 Å². The number of carbonyl (C=O) groups excluding carboxylic acids is 2. The molecular formula is C36H40CoN2O6. The number of rotatable bonds is 4. The van der Waals surface area contributed by atoms with E-state index in [-0.39, 0.29) is 39.1 Å². The molecular weight excluding hydrogens is 615 g/mol. The third kappa shape index (κ3) is 12.2. The van der Waals surface area contributed by atoms with E-state index in [0.717, 1.165) is 47.1 Å². The molecule has 4 aromatic carbocycles. The molecule has 0 aromatic heterocycles. The first kappa shape index (κ1) is 38.6. The van der Waals surface area contributed by atoms with E-state index in [1.807, 2.05) is 60.7 Å². The second kappa shape index (κ2) is 16.6. The molecule has 0 fully saturated rings. The Morgan fingerprint density at radius 2 is 0.978 bits per heavy atom. The van der Waals surface area contributed by atoms with Crippen molar-refractivity contribution in [1.29, 1.82) is 0 Å². The zero-order chi connectivity index (χ0) is 33.2. The van der Waals surface area contributed by atoms with Crippen LogP contribution in [0.5, 0.6) is 11.5 Å². The van der Waals surface area contributed by atoms with Crippen LogP contribution in [-0.4, -0.2) is 34.6 Å². The summed E-state index contributed by atoms with van der Waals surface area (Å²) >= 11 is 0. The largest absolute Gasteiger partial charge is 2.00 e. The van der Waals surface area contributed by atoms with Crippen LogP contribution in [0.4, 0.5) is 11.4 Å². The minimum atomic E-state index is -1.08. The Labute approximate surface area is 275 Å². The Morgan fingerprint density at radius 3 is 1.29 bits per heavy atom. The summed E-state index contributed by atoms with van der Waals surface area (Å²) in [5, 5.41) is 40.5. The van der Waals surface area contributed by atoms with Crippen molar-refractivity contribution in [3.05, 3.63) is 95.1 Å². The Kier molecular flexibility index (Phi) is 14.2. The van der Waals surface area contributed by atoms with Crippen molar-refractivity contribution < 1.29 is 46.8 Å². The third-order valence-electron chi connectivity index (χ3n) is 6.33. The molecule has 0 unspecified atom stereocenters. The van der Waals surface area contributed by atoms with Gasteiger partial charge in [-0.1, -0.05) is 77.9 Å². The van der Waals surface area contributed by atoms with Gasteiger partial charge in [-0.25, -0.2) is 0 Å². The maximum absolute atomic E-state index is 10.4. The van der Waals surface area contributed by atoms with Crippen LogP contribution in [0.3, 0.4) is 0 Å². The zero-order valence-corrected chi connectivity index (χ0v) is 27.9. The van der Waals surface area contributed by atoms with Gasteiger partial charge in [0.1, 0.15) is 11.5 Å². The number of benzene rings is 4. The zero-order valence-electron chi connectivity index (χ0n) is 26.8. The molecule has 2 N–H and O–H groups in total. The first-order chi connectivity index (χ1) is 20.4. The van der Waals surface area contributed by atoms with Gasteiger partial charge in [-0.3, -0.25) is 9.98 Å². The van der Waals surface area contributed by atoms with Crippen molar-refractivity contribution in [3.8, 4) is 11.5 Å². The molecule has 4 aromatic rings. The molecule has 0 saturated heterocycles. The van der Waals surface area contributed by atoms with Crippen molar-refractivity contribution in [2.75, 3.05) is 0 Å². The molecule has 45 heavy (non-hydrogen) atoms. The van der Waals surface area contributed by atoms with Crippen molar-refractivity contribution in [2.24, 2.45) is 9.98 Å². The van der Waals surface area contributed by atoms with Crippen molar-refractivity contribution in [1.82, 2.24) is 0 Å². The van der Waals surface area contributed by atoms with Gasteiger partial charge in [0.05, 0.1) is 11.4 Å². The summed E-state index contributed by atoms with van der Waals surface area (Å²) in [6.45, 7) is 14.8. The fraction of sp³-hybridized carbons (Fsp3) is 0.278. The Bertz CT molecular complexity index is 1550. The molecule has 0 amide bonds. The Hall–Kier alpha value is -4.47. The van der Waals surface area contributed by atoms with Crippen LogP contribution in [0.25, 0.3) is 10.8 Å². The summed E-state index contributed by atoms with van der Waals surface area (Å²) < 4.78 is 0. The molecule has 0 bridgehead atoms. The van der Waals surface area contributed by atoms with E-state index < -0.39 is 11.9 Å². The number of carbonyl (C=O) groups is 2. The molecule has 0 aliphatic heterocycles. The predicted octanol–water partition coefficient (Wildman–Crippen LogP) is 5.86. The van der Waals surface area contributed by atoms with Gasteiger partial charge in [-0.05, 0) is 77.6 Å². The summed E-state index contributed by atoms with van der Waals surface area (Å²) in [7, 11) is 0. The number of nitrogens with zero attached hydrogens (tertiary/aromatic N) is 2. The quantitative estimate of drug-likeness (QED) is 0.264. The van der Waals surface area contributed by atoms with Crippen LogP contribution in [-0.2, 0) is 37.2 Å². The molecule has 239 valence electrons.